The number of carbonyl (C=O) groups excluding carboxylic acids is 1. The van der Waals surface area contributed by atoms with E-state index in [-0.39, 0.29) is 11.9 Å². The van der Waals surface area contributed by atoms with E-state index in [1.165, 1.54) is 6.42 Å². The lowest BCUT2D eigenvalue weighted by Gasteiger charge is -2.26. The molecule has 138 valence electrons. The molecule has 3 heterocycles. The van der Waals surface area contributed by atoms with Crippen LogP contribution in [0.25, 0.3) is 21.7 Å². The number of hydrogen-bond donors (Lipinski definition) is 1. The fourth-order valence-electron chi connectivity index (χ4n) is 3.28. The summed E-state index contributed by atoms with van der Waals surface area (Å²) >= 11 is 8.08. The van der Waals surface area contributed by atoms with Gasteiger partial charge in [0.15, 0.2) is 0 Å². The molecule has 0 saturated carbocycles. The monoisotopic (exact) mass is 398 g/mol. The van der Waals surface area contributed by atoms with Crippen molar-refractivity contribution in [3.8, 4) is 21.7 Å². The van der Waals surface area contributed by atoms with Crippen molar-refractivity contribution in [2.45, 2.75) is 19.3 Å². The van der Waals surface area contributed by atoms with E-state index in [1.807, 2.05) is 34.5 Å². The molecule has 7 heteroatoms. The second kappa shape index (κ2) is 7.66. The Bertz CT molecular complexity index is 982. The average Bonchev–Trinajstić information content (AvgIpc) is 3.18. The van der Waals surface area contributed by atoms with Crippen molar-refractivity contribution in [2.24, 2.45) is 0 Å². The summed E-state index contributed by atoms with van der Waals surface area (Å²) < 4.78 is 0. The number of rotatable bonds is 3. The zero-order valence-electron chi connectivity index (χ0n) is 14.7. The molecular weight excluding hydrogens is 380 g/mol. The van der Waals surface area contributed by atoms with Gasteiger partial charge in [-0.05, 0) is 54.5 Å². The van der Waals surface area contributed by atoms with Crippen LogP contribution in [-0.4, -0.2) is 33.9 Å². The zero-order valence-corrected chi connectivity index (χ0v) is 16.3. The molecule has 3 aromatic rings. The van der Waals surface area contributed by atoms with Crippen molar-refractivity contribution in [1.29, 1.82) is 0 Å². The number of likely N-dealkylation sites (tertiary alicyclic amines) is 1. The summed E-state index contributed by atoms with van der Waals surface area (Å²) in [6.07, 6.45) is 4.98. The third-order valence-corrected chi connectivity index (χ3v) is 5.96. The summed E-state index contributed by atoms with van der Waals surface area (Å²) in [6, 6.07) is 9.40. The van der Waals surface area contributed by atoms with Crippen molar-refractivity contribution in [3.05, 3.63) is 52.5 Å². The number of amides is 1. The third-order valence-electron chi connectivity index (χ3n) is 4.70. The molecule has 1 amide bonds. The Hall–Kier alpha value is -2.44. The molecule has 5 nitrogen and oxygen atoms in total. The van der Waals surface area contributed by atoms with Gasteiger partial charge in [-0.3, -0.25) is 4.79 Å². The molecule has 0 atom stereocenters. The Kier molecular flexibility index (Phi) is 5.09. The number of nitrogens with two attached hydrogens (primary N) is 1. The number of hydrogen-bond acceptors (Lipinski definition) is 5. The number of piperidine rings is 1. The molecule has 0 bridgehead atoms. The Labute approximate surface area is 166 Å². The maximum atomic E-state index is 12.7. The quantitative estimate of drug-likeness (QED) is 0.691. The van der Waals surface area contributed by atoms with Crippen LogP contribution in [-0.2, 0) is 0 Å². The number of thiophene rings is 1. The van der Waals surface area contributed by atoms with E-state index in [9.17, 15) is 4.79 Å². The molecule has 0 spiro atoms. The van der Waals surface area contributed by atoms with Crippen molar-refractivity contribution in [3.63, 3.8) is 0 Å². The van der Waals surface area contributed by atoms with Crippen LogP contribution in [0.15, 0.2) is 41.9 Å². The van der Waals surface area contributed by atoms with Crippen LogP contribution in [0.3, 0.4) is 0 Å². The molecule has 1 saturated heterocycles. The summed E-state index contributed by atoms with van der Waals surface area (Å²) in [5.41, 5.74) is 8.99. The lowest BCUT2D eigenvalue weighted by molar-refractivity contribution is 0.0724. The summed E-state index contributed by atoms with van der Waals surface area (Å²) in [5.74, 6) is 0.312. The maximum Gasteiger partial charge on any atom is 0.253 e. The molecule has 4 rings (SSSR count). The van der Waals surface area contributed by atoms with Gasteiger partial charge in [-0.25, -0.2) is 9.97 Å². The van der Waals surface area contributed by atoms with Gasteiger partial charge in [0, 0.05) is 35.4 Å². The van der Waals surface area contributed by atoms with Crippen LogP contribution < -0.4 is 5.73 Å². The van der Waals surface area contributed by atoms with Crippen LogP contribution in [0.1, 0.15) is 29.6 Å². The molecule has 0 aliphatic carbocycles. The zero-order chi connectivity index (χ0) is 18.8. The Morgan fingerprint density at radius 1 is 1.15 bits per heavy atom. The van der Waals surface area contributed by atoms with Gasteiger partial charge < -0.3 is 10.6 Å². The van der Waals surface area contributed by atoms with Crippen LogP contribution in [0.4, 0.5) is 5.95 Å². The van der Waals surface area contributed by atoms with Crippen LogP contribution in [0.5, 0.6) is 0 Å². The Morgan fingerprint density at radius 3 is 2.70 bits per heavy atom. The molecule has 0 unspecified atom stereocenters. The Morgan fingerprint density at radius 2 is 1.96 bits per heavy atom. The molecule has 0 radical (unpaired) electrons. The van der Waals surface area contributed by atoms with E-state index >= 15 is 0 Å². The van der Waals surface area contributed by atoms with E-state index in [1.54, 1.807) is 23.6 Å². The van der Waals surface area contributed by atoms with Gasteiger partial charge in [0.1, 0.15) is 0 Å². The number of anilines is 1. The molecule has 2 aromatic heterocycles. The first-order chi connectivity index (χ1) is 13.1. The van der Waals surface area contributed by atoms with Gasteiger partial charge in [-0.2, -0.15) is 0 Å². The normalized spacial score (nSPS) is 14.3. The highest BCUT2D eigenvalue weighted by atomic mass is 35.5. The van der Waals surface area contributed by atoms with Crippen molar-refractivity contribution in [1.82, 2.24) is 14.9 Å². The van der Waals surface area contributed by atoms with E-state index in [2.05, 4.69) is 9.97 Å². The minimum atomic E-state index is 0.0608. The van der Waals surface area contributed by atoms with Gasteiger partial charge >= 0.3 is 0 Å². The first-order valence-corrected chi connectivity index (χ1v) is 10.1. The number of aromatic nitrogens is 2. The summed E-state index contributed by atoms with van der Waals surface area (Å²) in [5, 5.41) is 2.60. The lowest BCUT2D eigenvalue weighted by Crippen LogP contribution is -2.35. The smallest absolute Gasteiger partial charge is 0.253 e. The van der Waals surface area contributed by atoms with Gasteiger partial charge in [-0.1, -0.05) is 17.7 Å². The molecular formula is C20H19ClN4OS. The van der Waals surface area contributed by atoms with Crippen LogP contribution >= 0.6 is 22.9 Å². The maximum absolute atomic E-state index is 12.7. The SMILES string of the molecule is Nc1nccc(-c2cc(-c3ccc(C(=O)N4CCCCC4)cc3Cl)cs2)n1. The van der Waals surface area contributed by atoms with E-state index < -0.39 is 0 Å². The second-order valence-corrected chi connectivity index (χ2v) is 7.87. The summed E-state index contributed by atoms with van der Waals surface area (Å²) in [4.78, 5) is 23.7. The predicted octanol–water partition coefficient (Wildman–Crippen LogP) is 4.73. The molecule has 1 aromatic carbocycles. The highest BCUT2D eigenvalue weighted by Crippen LogP contribution is 2.35. The minimum absolute atomic E-state index is 0.0608. The third kappa shape index (κ3) is 3.82. The van der Waals surface area contributed by atoms with Crippen LogP contribution in [0.2, 0.25) is 5.02 Å². The van der Waals surface area contributed by atoms with Crippen molar-refractivity contribution < 1.29 is 4.79 Å². The molecule has 2 N–H and O–H groups in total. The van der Waals surface area contributed by atoms with E-state index in [0.717, 1.165) is 47.6 Å². The van der Waals surface area contributed by atoms with Gasteiger partial charge in [0.25, 0.3) is 5.91 Å². The van der Waals surface area contributed by atoms with Crippen LogP contribution in [0, 0.1) is 0 Å². The number of benzene rings is 1. The number of carbonyl (C=O) groups is 1. The Balaban J connectivity index is 1.59. The lowest BCUT2D eigenvalue weighted by atomic mass is 10.0. The molecule has 27 heavy (non-hydrogen) atoms. The molecule has 1 aliphatic rings. The van der Waals surface area contributed by atoms with Crippen molar-refractivity contribution >= 4 is 34.8 Å². The molecule has 1 aliphatic heterocycles. The first kappa shape index (κ1) is 17.9. The summed E-state index contributed by atoms with van der Waals surface area (Å²) in [6.45, 7) is 1.66. The number of nitrogens with zero attached hydrogens (tertiary/aromatic N) is 3. The van der Waals surface area contributed by atoms with Crippen molar-refractivity contribution in [2.75, 3.05) is 18.8 Å². The van der Waals surface area contributed by atoms with E-state index in [4.69, 9.17) is 17.3 Å². The van der Waals surface area contributed by atoms with Gasteiger partial charge in [0.2, 0.25) is 5.95 Å². The summed E-state index contributed by atoms with van der Waals surface area (Å²) in [7, 11) is 0. The predicted molar refractivity (Wildman–Crippen MR) is 110 cm³/mol. The fourth-order valence-corrected chi connectivity index (χ4v) is 4.45. The standard InChI is InChI=1S/C20H19ClN4OS/c21-16-10-13(19(26)25-8-2-1-3-9-25)4-5-15(16)14-11-18(27-12-14)17-6-7-23-20(22)24-17/h4-7,10-12H,1-3,8-9H2,(H2,22,23,24). The van der Waals surface area contributed by atoms with Gasteiger partial charge in [-0.15, -0.1) is 11.3 Å². The molecule has 1 fully saturated rings. The minimum Gasteiger partial charge on any atom is -0.368 e. The number of halogens is 1. The second-order valence-electron chi connectivity index (χ2n) is 6.55. The number of nitrogen functional groups attached to an aromatic ring is 1. The largest absolute Gasteiger partial charge is 0.368 e. The van der Waals surface area contributed by atoms with Gasteiger partial charge in [0.05, 0.1) is 10.6 Å². The first-order valence-electron chi connectivity index (χ1n) is 8.88. The highest BCUT2D eigenvalue weighted by Gasteiger charge is 2.19. The topological polar surface area (TPSA) is 72.1 Å². The average molecular weight is 399 g/mol. The highest BCUT2D eigenvalue weighted by molar-refractivity contribution is 7.14. The van der Waals surface area contributed by atoms with E-state index in [0.29, 0.717) is 10.6 Å². The fraction of sp³-hybridized carbons (Fsp3) is 0.250.